The van der Waals surface area contributed by atoms with Gasteiger partial charge in [0.2, 0.25) is 0 Å². The third-order valence-corrected chi connectivity index (χ3v) is 3.40. The van der Waals surface area contributed by atoms with Gasteiger partial charge in [0.05, 0.1) is 11.9 Å². The molecule has 1 N–H and O–H groups in total. The second-order valence-corrected chi connectivity index (χ2v) is 4.80. The van der Waals surface area contributed by atoms with Gasteiger partial charge in [-0.15, -0.1) is 0 Å². The van der Waals surface area contributed by atoms with Crippen LogP contribution in [0.5, 0.6) is 0 Å². The number of pyridine rings is 1. The molecule has 0 saturated heterocycles. The molecule has 2 heterocycles. The normalized spacial score (nSPS) is 10.5. The van der Waals surface area contributed by atoms with Crippen LogP contribution in [0.4, 0.5) is 5.69 Å². The lowest BCUT2D eigenvalue weighted by Crippen LogP contribution is -2.19. The lowest BCUT2D eigenvalue weighted by atomic mass is 10.2. The van der Waals surface area contributed by atoms with E-state index in [9.17, 15) is 0 Å². The molecule has 0 aliphatic heterocycles. The Balaban J connectivity index is 2.15. The first-order valence-electron chi connectivity index (χ1n) is 5.61. The van der Waals surface area contributed by atoms with Gasteiger partial charge in [0.15, 0.2) is 0 Å². The first kappa shape index (κ1) is 12.1. The molecular weight excluding hydrogens is 230 g/mol. The lowest BCUT2D eigenvalue weighted by molar-refractivity contribution is 0.803. The highest BCUT2D eigenvalue weighted by molar-refractivity contribution is 7.07. The molecule has 90 valence electrons. The van der Waals surface area contributed by atoms with Gasteiger partial charge in [0.1, 0.15) is 0 Å². The Morgan fingerprint density at radius 3 is 3.00 bits per heavy atom. The predicted molar refractivity (Wildman–Crippen MR) is 73.4 cm³/mol. The minimum atomic E-state index is 0.867. The molecule has 0 amide bonds. The van der Waals surface area contributed by atoms with Gasteiger partial charge in [0.25, 0.3) is 0 Å². The zero-order valence-electron chi connectivity index (χ0n) is 10.2. The highest BCUT2D eigenvalue weighted by atomic mass is 32.1. The first-order valence-corrected chi connectivity index (χ1v) is 6.55. The van der Waals surface area contributed by atoms with Crippen molar-refractivity contribution in [3.8, 4) is 0 Å². The molecule has 0 aliphatic rings. The molecule has 2 rings (SSSR count). The van der Waals surface area contributed by atoms with E-state index in [4.69, 9.17) is 0 Å². The van der Waals surface area contributed by atoms with Crippen LogP contribution in [-0.4, -0.2) is 19.1 Å². The number of anilines is 1. The van der Waals surface area contributed by atoms with Crippen molar-refractivity contribution in [3.05, 3.63) is 46.4 Å². The summed E-state index contributed by atoms with van der Waals surface area (Å²) in [5.74, 6) is 0. The number of nitrogens with one attached hydrogen (secondary N) is 1. The molecule has 0 radical (unpaired) electrons. The Hall–Kier alpha value is -1.39. The average molecular weight is 247 g/mol. The molecule has 3 nitrogen and oxygen atoms in total. The molecule has 2 aromatic rings. The summed E-state index contributed by atoms with van der Waals surface area (Å²) < 4.78 is 0. The summed E-state index contributed by atoms with van der Waals surface area (Å²) in [6.07, 6.45) is 3.77. The van der Waals surface area contributed by atoms with Crippen molar-refractivity contribution in [3.63, 3.8) is 0 Å². The molecule has 0 aliphatic carbocycles. The van der Waals surface area contributed by atoms with Gasteiger partial charge in [-0.2, -0.15) is 11.3 Å². The molecule has 2 aromatic heterocycles. The fraction of sp³-hybridized carbons (Fsp3) is 0.308. The monoisotopic (exact) mass is 247 g/mol. The van der Waals surface area contributed by atoms with Crippen LogP contribution in [0.15, 0.2) is 35.3 Å². The summed E-state index contributed by atoms with van der Waals surface area (Å²) >= 11 is 1.74. The zero-order valence-corrected chi connectivity index (χ0v) is 11.0. The van der Waals surface area contributed by atoms with Gasteiger partial charge < -0.3 is 10.2 Å². The minimum Gasteiger partial charge on any atom is -0.369 e. The second kappa shape index (κ2) is 5.80. The van der Waals surface area contributed by atoms with Crippen molar-refractivity contribution in [2.24, 2.45) is 0 Å². The summed E-state index contributed by atoms with van der Waals surface area (Å²) in [5.41, 5.74) is 3.81. The summed E-state index contributed by atoms with van der Waals surface area (Å²) in [7, 11) is 4.07. The molecule has 17 heavy (non-hydrogen) atoms. The van der Waals surface area contributed by atoms with E-state index in [0.29, 0.717) is 0 Å². The van der Waals surface area contributed by atoms with E-state index in [2.05, 4.69) is 45.1 Å². The van der Waals surface area contributed by atoms with Crippen LogP contribution in [0, 0.1) is 0 Å². The molecule has 0 spiro atoms. The summed E-state index contributed by atoms with van der Waals surface area (Å²) in [6, 6.07) is 4.23. The lowest BCUT2D eigenvalue weighted by Gasteiger charge is -2.21. The number of thiophene rings is 1. The maximum Gasteiger partial charge on any atom is 0.0598 e. The smallest absolute Gasteiger partial charge is 0.0598 e. The molecule has 0 aromatic carbocycles. The van der Waals surface area contributed by atoms with Gasteiger partial charge in [-0.3, -0.25) is 4.98 Å². The summed E-state index contributed by atoms with van der Waals surface area (Å²) in [6.45, 7) is 1.79. The topological polar surface area (TPSA) is 28.2 Å². The van der Waals surface area contributed by atoms with Gasteiger partial charge in [0, 0.05) is 26.3 Å². The highest BCUT2D eigenvalue weighted by Crippen LogP contribution is 2.20. The van der Waals surface area contributed by atoms with Gasteiger partial charge >= 0.3 is 0 Å². The molecule has 0 saturated carbocycles. The predicted octanol–water partition coefficient (Wildman–Crippen LogP) is 2.50. The average Bonchev–Trinajstić information content (AvgIpc) is 2.83. The third kappa shape index (κ3) is 3.05. The maximum atomic E-state index is 4.21. The number of nitrogens with zero attached hydrogens (tertiary/aromatic N) is 2. The van der Waals surface area contributed by atoms with Crippen molar-refractivity contribution in [2.45, 2.75) is 13.1 Å². The molecule has 4 heteroatoms. The van der Waals surface area contributed by atoms with Crippen molar-refractivity contribution in [1.29, 1.82) is 0 Å². The fourth-order valence-electron chi connectivity index (χ4n) is 1.84. The molecule has 0 bridgehead atoms. The summed E-state index contributed by atoms with van der Waals surface area (Å²) in [4.78, 5) is 6.45. The van der Waals surface area contributed by atoms with Crippen LogP contribution in [0.1, 0.15) is 11.1 Å². The van der Waals surface area contributed by atoms with Crippen molar-refractivity contribution < 1.29 is 0 Å². The van der Waals surface area contributed by atoms with E-state index in [1.165, 1.54) is 16.8 Å². The van der Waals surface area contributed by atoms with E-state index in [1.54, 1.807) is 11.3 Å². The number of rotatable bonds is 5. The maximum absolute atomic E-state index is 4.21. The van der Waals surface area contributed by atoms with Gasteiger partial charge in [-0.1, -0.05) is 0 Å². The van der Waals surface area contributed by atoms with Crippen molar-refractivity contribution in [1.82, 2.24) is 10.3 Å². The van der Waals surface area contributed by atoms with E-state index < -0.39 is 0 Å². The molecule has 0 unspecified atom stereocenters. The minimum absolute atomic E-state index is 0.867. The first-order chi connectivity index (χ1) is 8.31. The zero-order chi connectivity index (χ0) is 12.1. The van der Waals surface area contributed by atoms with Crippen LogP contribution in [0.25, 0.3) is 0 Å². The summed E-state index contributed by atoms with van der Waals surface area (Å²) in [5, 5.41) is 7.48. The van der Waals surface area contributed by atoms with Crippen LogP contribution in [0.2, 0.25) is 0 Å². The Morgan fingerprint density at radius 2 is 2.29 bits per heavy atom. The fourth-order valence-corrected chi connectivity index (χ4v) is 2.50. The standard InChI is InChI=1S/C13H17N3S/c1-14-7-12-3-5-15-8-13(12)16(2)9-11-4-6-17-10-11/h3-6,8,10,14H,7,9H2,1-2H3. The molecule has 0 fully saturated rings. The number of hydrogen-bond donors (Lipinski definition) is 1. The van der Waals surface area contributed by atoms with E-state index >= 15 is 0 Å². The molecule has 0 atom stereocenters. The van der Waals surface area contributed by atoms with Crippen LogP contribution in [0.3, 0.4) is 0 Å². The number of hydrogen-bond acceptors (Lipinski definition) is 4. The highest BCUT2D eigenvalue weighted by Gasteiger charge is 2.07. The SMILES string of the molecule is CNCc1ccncc1N(C)Cc1ccsc1. The van der Waals surface area contributed by atoms with Crippen LogP contribution < -0.4 is 10.2 Å². The van der Waals surface area contributed by atoms with Crippen LogP contribution >= 0.6 is 11.3 Å². The third-order valence-electron chi connectivity index (χ3n) is 2.67. The Kier molecular flexibility index (Phi) is 4.12. The van der Waals surface area contributed by atoms with Gasteiger partial charge in [-0.25, -0.2) is 0 Å². The number of aromatic nitrogens is 1. The van der Waals surface area contributed by atoms with E-state index in [1.807, 2.05) is 19.4 Å². The molecular formula is C13H17N3S. The van der Waals surface area contributed by atoms with Crippen molar-refractivity contribution >= 4 is 17.0 Å². The van der Waals surface area contributed by atoms with Crippen molar-refractivity contribution in [2.75, 3.05) is 19.0 Å². The Morgan fingerprint density at radius 1 is 1.41 bits per heavy atom. The second-order valence-electron chi connectivity index (χ2n) is 4.02. The van der Waals surface area contributed by atoms with E-state index in [0.717, 1.165) is 13.1 Å². The van der Waals surface area contributed by atoms with Crippen LogP contribution in [-0.2, 0) is 13.1 Å². The Bertz CT molecular complexity index is 453. The van der Waals surface area contributed by atoms with Gasteiger partial charge in [-0.05, 0) is 41.1 Å². The Labute approximate surface area is 106 Å². The quantitative estimate of drug-likeness (QED) is 0.880. The van der Waals surface area contributed by atoms with E-state index in [-0.39, 0.29) is 0 Å². The largest absolute Gasteiger partial charge is 0.369 e.